The predicted octanol–water partition coefficient (Wildman–Crippen LogP) is 4.20. The fourth-order valence-corrected chi connectivity index (χ4v) is 3.38. The number of hydrogen-bond acceptors (Lipinski definition) is 3. The number of amides is 2. The van der Waals surface area contributed by atoms with E-state index in [-0.39, 0.29) is 24.2 Å². The smallest absolute Gasteiger partial charge is 0.229 e. The van der Waals surface area contributed by atoms with Crippen molar-refractivity contribution < 1.29 is 14.3 Å². The van der Waals surface area contributed by atoms with E-state index in [2.05, 4.69) is 19.2 Å². The minimum Gasteiger partial charge on any atom is -0.494 e. The molecule has 142 valence electrons. The maximum atomic E-state index is 12.6. The van der Waals surface area contributed by atoms with Gasteiger partial charge in [0.15, 0.2) is 0 Å². The number of nitrogens with zero attached hydrogens (tertiary/aromatic N) is 1. The van der Waals surface area contributed by atoms with Crippen LogP contribution in [0.4, 0.5) is 11.4 Å². The minimum absolute atomic E-state index is 0.00468. The van der Waals surface area contributed by atoms with Crippen LogP contribution in [0, 0.1) is 5.92 Å². The van der Waals surface area contributed by atoms with Crippen molar-refractivity contribution >= 4 is 23.2 Å². The zero-order valence-corrected chi connectivity index (χ0v) is 16.1. The van der Waals surface area contributed by atoms with Crippen LogP contribution < -0.4 is 15.0 Å². The lowest BCUT2D eigenvalue weighted by molar-refractivity contribution is -0.122. The van der Waals surface area contributed by atoms with Gasteiger partial charge in [-0.05, 0) is 48.7 Å². The molecule has 1 heterocycles. The van der Waals surface area contributed by atoms with Crippen molar-refractivity contribution in [1.82, 2.24) is 0 Å². The maximum Gasteiger partial charge on any atom is 0.229 e. The van der Waals surface area contributed by atoms with E-state index >= 15 is 0 Å². The number of benzene rings is 2. The fraction of sp³-hybridized carbons (Fsp3) is 0.364. The van der Waals surface area contributed by atoms with Crippen LogP contribution in [0.5, 0.6) is 5.75 Å². The Kier molecular flexibility index (Phi) is 5.79. The van der Waals surface area contributed by atoms with Crippen LogP contribution >= 0.6 is 0 Å². The van der Waals surface area contributed by atoms with Gasteiger partial charge in [-0.1, -0.05) is 32.0 Å². The molecule has 5 nitrogen and oxygen atoms in total. The molecule has 2 aromatic carbocycles. The van der Waals surface area contributed by atoms with E-state index in [0.717, 1.165) is 17.0 Å². The van der Waals surface area contributed by atoms with Gasteiger partial charge in [-0.25, -0.2) is 0 Å². The standard InChI is InChI=1S/C22H26N2O3/c1-4-27-18-11-9-17(10-12-18)23-22(26)16-13-21(25)24(14-16)20-8-6-5-7-19(20)15(2)3/h5-12,15-16H,4,13-14H2,1-3H3,(H,23,26). The molecule has 0 aromatic heterocycles. The molecule has 0 aliphatic carbocycles. The molecule has 2 amide bonds. The number of ether oxygens (including phenoxy) is 1. The maximum absolute atomic E-state index is 12.6. The third-order valence-corrected chi connectivity index (χ3v) is 4.78. The Bertz CT molecular complexity index is 815. The number of hydrogen-bond donors (Lipinski definition) is 1. The highest BCUT2D eigenvalue weighted by atomic mass is 16.5. The summed E-state index contributed by atoms with van der Waals surface area (Å²) >= 11 is 0. The van der Waals surface area contributed by atoms with Crippen molar-refractivity contribution in [2.45, 2.75) is 33.1 Å². The second kappa shape index (κ2) is 8.25. The normalized spacial score (nSPS) is 16.7. The summed E-state index contributed by atoms with van der Waals surface area (Å²) < 4.78 is 5.41. The van der Waals surface area contributed by atoms with Gasteiger partial charge in [-0.15, -0.1) is 0 Å². The van der Waals surface area contributed by atoms with E-state index in [1.54, 1.807) is 4.90 Å². The number of para-hydroxylation sites is 1. The molecule has 1 aliphatic heterocycles. The highest BCUT2D eigenvalue weighted by Gasteiger charge is 2.36. The van der Waals surface area contributed by atoms with Gasteiger partial charge in [-0.3, -0.25) is 9.59 Å². The minimum atomic E-state index is -0.357. The predicted molar refractivity (Wildman–Crippen MR) is 107 cm³/mol. The summed E-state index contributed by atoms with van der Waals surface area (Å²) in [6.45, 7) is 7.15. The molecule has 1 atom stereocenters. The van der Waals surface area contributed by atoms with Crippen molar-refractivity contribution in [2.75, 3.05) is 23.4 Å². The monoisotopic (exact) mass is 366 g/mol. The van der Waals surface area contributed by atoms with Crippen LogP contribution in [0.25, 0.3) is 0 Å². The Morgan fingerprint density at radius 3 is 2.56 bits per heavy atom. The molecule has 1 fully saturated rings. The summed E-state index contributed by atoms with van der Waals surface area (Å²) in [6, 6.07) is 15.2. The first-order valence-electron chi connectivity index (χ1n) is 9.42. The van der Waals surface area contributed by atoms with Gasteiger partial charge in [0.25, 0.3) is 0 Å². The lowest BCUT2D eigenvalue weighted by Crippen LogP contribution is -2.28. The first kappa shape index (κ1) is 19.0. The van der Waals surface area contributed by atoms with Crippen LogP contribution in [0.15, 0.2) is 48.5 Å². The van der Waals surface area contributed by atoms with Crippen molar-refractivity contribution in [3.63, 3.8) is 0 Å². The summed E-state index contributed by atoms with van der Waals surface area (Å²) in [7, 11) is 0. The lowest BCUT2D eigenvalue weighted by atomic mass is 10.0. The molecule has 1 aliphatic rings. The molecule has 1 N–H and O–H groups in total. The highest BCUT2D eigenvalue weighted by molar-refractivity contribution is 6.03. The first-order chi connectivity index (χ1) is 13.0. The molecular formula is C22H26N2O3. The van der Waals surface area contributed by atoms with Crippen LogP contribution in [-0.2, 0) is 9.59 Å². The molecule has 5 heteroatoms. The molecule has 27 heavy (non-hydrogen) atoms. The van der Waals surface area contributed by atoms with Crippen molar-refractivity contribution in [2.24, 2.45) is 5.92 Å². The van der Waals surface area contributed by atoms with Crippen LogP contribution in [0.3, 0.4) is 0 Å². The second-order valence-corrected chi connectivity index (χ2v) is 7.07. The number of nitrogens with one attached hydrogen (secondary N) is 1. The molecule has 3 rings (SSSR count). The average molecular weight is 366 g/mol. The summed E-state index contributed by atoms with van der Waals surface area (Å²) in [4.78, 5) is 27.0. The van der Waals surface area contributed by atoms with E-state index in [4.69, 9.17) is 4.74 Å². The van der Waals surface area contributed by atoms with Gasteiger partial charge in [0.05, 0.1) is 12.5 Å². The highest BCUT2D eigenvalue weighted by Crippen LogP contribution is 2.32. The zero-order valence-electron chi connectivity index (χ0n) is 16.1. The summed E-state index contributed by atoms with van der Waals surface area (Å²) in [5.74, 6) is 0.588. The molecule has 2 aromatic rings. The van der Waals surface area contributed by atoms with E-state index in [1.165, 1.54) is 0 Å². The van der Waals surface area contributed by atoms with E-state index in [0.29, 0.717) is 24.8 Å². The quantitative estimate of drug-likeness (QED) is 0.833. The number of carbonyl (C=O) groups excluding carboxylic acids is 2. The third-order valence-electron chi connectivity index (χ3n) is 4.78. The Labute approximate surface area is 160 Å². The Morgan fingerprint density at radius 2 is 1.89 bits per heavy atom. The molecular weight excluding hydrogens is 340 g/mol. The van der Waals surface area contributed by atoms with E-state index < -0.39 is 0 Å². The lowest BCUT2D eigenvalue weighted by Gasteiger charge is -2.22. The second-order valence-electron chi connectivity index (χ2n) is 7.07. The first-order valence-corrected chi connectivity index (χ1v) is 9.42. The van der Waals surface area contributed by atoms with Crippen molar-refractivity contribution in [3.8, 4) is 5.75 Å². The molecule has 1 unspecified atom stereocenters. The Morgan fingerprint density at radius 1 is 1.19 bits per heavy atom. The summed E-state index contributed by atoms with van der Waals surface area (Å²) in [5, 5.41) is 2.91. The molecule has 0 radical (unpaired) electrons. The van der Waals surface area contributed by atoms with Gasteiger partial charge >= 0.3 is 0 Å². The Hall–Kier alpha value is -2.82. The van der Waals surface area contributed by atoms with Crippen molar-refractivity contribution in [1.29, 1.82) is 0 Å². The SMILES string of the molecule is CCOc1ccc(NC(=O)C2CC(=O)N(c3ccccc3C(C)C)C2)cc1. The number of rotatable bonds is 6. The number of carbonyl (C=O) groups is 2. The molecule has 1 saturated heterocycles. The van der Waals surface area contributed by atoms with Gasteiger partial charge < -0.3 is 15.0 Å². The van der Waals surface area contributed by atoms with E-state index in [1.807, 2.05) is 55.5 Å². The van der Waals surface area contributed by atoms with Crippen LogP contribution in [0.2, 0.25) is 0 Å². The van der Waals surface area contributed by atoms with Gasteiger partial charge in [0.1, 0.15) is 5.75 Å². The third kappa shape index (κ3) is 4.30. The molecule has 0 spiro atoms. The van der Waals surface area contributed by atoms with Crippen LogP contribution in [0.1, 0.15) is 38.7 Å². The van der Waals surface area contributed by atoms with E-state index in [9.17, 15) is 9.59 Å². The van der Waals surface area contributed by atoms with Crippen LogP contribution in [-0.4, -0.2) is 25.0 Å². The van der Waals surface area contributed by atoms with Gasteiger partial charge in [0, 0.05) is 24.3 Å². The van der Waals surface area contributed by atoms with Gasteiger partial charge in [0.2, 0.25) is 11.8 Å². The zero-order chi connectivity index (χ0) is 19.4. The van der Waals surface area contributed by atoms with Crippen molar-refractivity contribution in [3.05, 3.63) is 54.1 Å². The fourth-order valence-electron chi connectivity index (χ4n) is 3.38. The Balaban J connectivity index is 1.69. The van der Waals surface area contributed by atoms with Gasteiger partial charge in [-0.2, -0.15) is 0 Å². The largest absolute Gasteiger partial charge is 0.494 e. The topological polar surface area (TPSA) is 58.6 Å². The summed E-state index contributed by atoms with van der Waals surface area (Å²) in [6.07, 6.45) is 0.231. The molecule has 0 saturated carbocycles. The summed E-state index contributed by atoms with van der Waals surface area (Å²) in [5.41, 5.74) is 2.74. The average Bonchev–Trinajstić information content (AvgIpc) is 3.05. The number of anilines is 2. The molecule has 0 bridgehead atoms.